The molecule has 0 spiro atoms. The number of nitriles is 1. The van der Waals surface area contributed by atoms with Gasteiger partial charge in [-0.05, 0) is 19.3 Å². The van der Waals surface area contributed by atoms with Crippen LogP contribution in [0, 0.1) is 17.2 Å². The molecule has 0 aromatic rings. The van der Waals surface area contributed by atoms with E-state index in [2.05, 4.69) is 11.4 Å². The average molecular weight is 240 g/mol. The Balaban J connectivity index is 2.46. The van der Waals surface area contributed by atoms with Crippen molar-refractivity contribution in [2.24, 2.45) is 5.92 Å². The zero-order valence-electron chi connectivity index (χ0n) is 10.7. The first-order valence-corrected chi connectivity index (χ1v) is 6.57. The molecule has 1 aliphatic carbocycles. The van der Waals surface area contributed by atoms with Gasteiger partial charge in [-0.3, -0.25) is 0 Å². The predicted octanol–water partition coefficient (Wildman–Crippen LogP) is 1.45. The lowest BCUT2D eigenvalue weighted by molar-refractivity contribution is 0.150. The van der Waals surface area contributed by atoms with Gasteiger partial charge in [-0.15, -0.1) is 0 Å². The van der Waals surface area contributed by atoms with E-state index in [0.717, 1.165) is 25.7 Å². The Kier molecular flexibility index (Phi) is 7.18. The van der Waals surface area contributed by atoms with E-state index in [1.807, 2.05) is 0 Å². The first kappa shape index (κ1) is 14.4. The Morgan fingerprint density at radius 3 is 2.82 bits per heavy atom. The van der Waals surface area contributed by atoms with Crippen LogP contribution in [0.25, 0.3) is 0 Å². The lowest BCUT2D eigenvalue weighted by Gasteiger charge is -2.26. The summed E-state index contributed by atoms with van der Waals surface area (Å²) in [7, 11) is 1.66. The topological polar surface area (TPSA) is 65.3 Å². The smallest absolute Gasteiger partial charge is 0.0672 e. The molecule has 1 fully saturated rings. The normalized spacial score (nSPS) is 27.1. The molecule has 0 saturated heterocycles. The quantitative estimate of drug-likeness (QED) is 0.690. The zero-order chi connectivity index (χ0) is 12.5. The third-order valence-electron chi connectivity index (χ3n) is 3.52. The highest BCUT2D eigenvalue weighted by molar-refractivity contribution is 4.94. The Morgan fingerprint density at radius 1 is 1.41 bits per heavy atom. The van der Waals surface area contributed by atoms with Gasteiger partial charge in [0.1, 0.15) is 0 Å². The van der Waals surface area contributed by atoms with Crippen LogP contribution in [0.4, 0.5) is 0 Å². The fraction of sp³-hybridized carbons (Fsp3) is 0.923. The van der Waals surface area contributed by atoms with Crippen molar-refractivity contribution in [1.29, 1.82) is 5.26 Å². The number of ether oxygens (including phenoxy) is 1. The van der Waals surface area contributed by atoms with E-state index >= 15 is 0 Å². The minimum Gasteiger partial charge on any atom is -0.395 e. The lowest BCUT2D eigenvalue weighted by atomic mass is 9.95. The molecule has 98 valence electrons. The molecule has 1 rings (SSSR count). The Morgan fingerprint density at radius 2 is 2.18 bits per heavy atom. The molecule has 1 saturated carbocycles. The summed E-state index contributed by atoms with van der Waals surface area (Å²) < 4.78 is 5.03. The van der Waals surface area contributed by atoms with Crippen molar-refractivity contribution in [3.05, 3.63) is 0 Å². The molecular formula is C13H24N2O2. The van der Waals surface area contributed by atoms with E-state index in [9.17, 15) is 10.4 Å². The summed E-state index contributed by atoms with van der Waals surface area (Å²) in [5.41, 5.74) is 0. The summed E-state index contributed by atoms with van der Waals surface area (Å²) in [4.78, 5) is 0. The van der Waals surface area contributed by atoms with Gasteiger partial charge in [-0.1, -0.05) is 19.3 Å². The molecule has 3 atom stereocenters. The number of hydrogen-bond donors (Lipinski definition) is 2. The Hall–Kier alpha value is -0.630. The summed E-state index contributed by atoms with van der Waals surface area (Å²) >= 11 is 0. The number of nitrogens with zero attached hydrogens (tertiary/aromatic N) is 1. The van der Waals surface area contributed by atoms with Crippen molar-refractivity contribution >= 4 is 0 Å². The third kappa shape index (κ3) is 5.03. The maximum absolute atomic E-state index is 9.31. The molecule has 0 bridgehead atoms. The minimum absolute atomic E-state index is 0.0499. The molecule has 0 amide bonds. The fourth-order valence-electron chi connectivity index (χ4n) is 2.45. The second-order valence-electron chi connectivity index (χ2n) is 4.81. The van der Waals surface area contributed by atoms with Crippen molar-refractivity contribution in [1.82, 2.24) is 5.32 Å². The second kappa shape index (κ2) is 8.46. The van der Waals surface area contributed by atoms with Crippen LogP contribution in [-0.4, -0.2) is 37.5 Å². The van der Waals surface area contributed by atoms with Crippen LogP contribution >= 0.6 is 0 Å². The summed E-state index contributed by atoms with van der Waals surface area (Å²) in [5.74, 6) is 0.0918. The van der Waals surface area contributed by atoms with Gasteiger partial charge in [0.2, 0.25) is 0 Å². The number of aliphatic hydroxyl groups is 1. The molecule has 0 radical (unpaired) electrons. The molecule has 0 aliphatic heterocycles. The highest BCUT2D eigenvalue weighted by Crippen LogP contribution is 2.23. The maximum Gasteiger partial charge on any atom is 0.0672 e. The van der Waals surface area contributed by atoms with E-state index in [1.54, 1.807) is 7.11 Å². The van der Waals surface area contributed by atoms with Gasteiger partial charge in [0.15, 0.2) is 0 Å². The highest BCUT2D eigenvalue weighted by atomic mass is 16.5. The first-order valence-electron chi connectivity index (χ1n) is 6.57. The Bertz CT molecular complexity index is 240. The monoisotopic (exact) mass is 240 g/mol. The molecule has 2 N–H and O–H groups in total. The lowest BCUT2D eigenvalue weighted by Crippen LogP contribution is -2.44. The van der Waals surface area contributed by atoms with Crippen molar-refractivity contribution in [3.8, 4) is 6.07 Å². The predicted molar refractivity (Wildman–Crippen MR) is 66.5 cm³/mol. The number of hydrogen-bond acceptors (Lipinski definition) is 4. The van der Waals surface area contributed by atoms with Crippen LogP contribution in [0.3, 0.4) is 0 Å². The van der Waals surface area contributed by atoms with Crippen LogP contribution in [0.15, 0.2) is 0 Å². The molecule has 3 unspecified atom stereocenters. The van der Waals surface area contributed by atoms with Gasteiger partial charge in [0.25, 0.3) is 0 Å². The SMILES string of the molecule is COCCC(CO)NC1CCCCCC1C#N. The van der Waals surface area contributed by atoms with E-state index in [0.29, 0.717) is 6.61 Å². The summed E-state index contributed by atoms with van der Waals surface area (Å²) in [6, 6.07) is 2.69. The highest BCUT2D eigenvalue weighted by Gasteiger charge is 2.25. The van der Waals surface area contributed by atoms with Crippen LogP contribution < -0.4 is 5.32 Å². The van der Waals surface area contributed by atoms with Crippen LogP contribution in [-0.2, 0) is 4.74 Å². The van der Waals surface area contributed by atoms with Crippen LogP contribution in [0.5, 0.6) is 0 Å². The molecule has 0 aromatic carbocycles. The second-order valence-corrected chi connectivity index (χ2v) is 4.81. The molecular weight excluding hydrogens is 216 g/mol. The Labute approximate surface area is 104 Å². The zero-order valence-corrected chi connectivity index (χ0v) is 10.7. The summed E-state index contributed by atoms with van der Waals surface area (Å²) in [6.45, 7) is 0.750. The number of aliphatic hydroxyl groups excluding tert-OH is 1. The number of methoxy groups -OCH3 is 1. The summed E-state index contributed by atoms with van der Waals surface area (Å²) in [5, 5.41) is 21.9. The molecule has 0 aromatic heterocycles. The van der Waals surface area contributed by atoms with E-state index in [-0.39, 0.29) is 24.6 Å². The van der Waals surface area contributed by atoms with Crippen LogP contribution in [0.2, 0.25) is 0 Å². The van der Waals surface area contributed by atoms with Crippen molar-refractivity contribution in [2.75, 3.05) is 20.3 Å². The van der Waals surface area contributed by atoms with Gasteiger partial charge in [0.05, 0.1) is 18.6 Å². The average Bonchev–Trinajstić information content (AvgIpc) is 2.59. The molecule has 4 nitrogen and oxygen atoms in total. The van der Waals surface area contributed by atoms with Gasteiger partial charge in [0, 0.05) is 25.8 Å². The third-order valence-corrected chi connectivity index (χ3v) is 3.52. The fourth-order valence-corrected chi connectivity index (χ4v) is 2.45. The molecule has 0 heterocycles. The number of rotatable bonds is 6. The standard InChI is InChI=1S/C13H24N2O2/c1-17-8-7-12(10-16)15-13-6-4-2-3-5-11(13)9-14/h11-13,15-16H,2-8,10H2,1H3. The van der Waals surface area contributed by atoms with E-state index in [1.165, 1.54) is 12.8 Å². The van der Waals surface area contributed by atoms with Gasteiger partial charge >= 0.3 is 0 Å². The minimum atomic E-state index is 0.0499. The van der Waals surface area contributed by atoms with Crippen molar-refractivity contribution < 1.29 is 9.84 Å². The van der Waals surface area contributed by atoms with Crippen LogP contribution in [0.1, 0.15) is 38.5 Å². The van der Waals surface area contributed by atoms with E-state index in [4.69, 9.17) is 4.74 Å². The largest absolute Gasteiger partial charge is 0.395 e. The first-order chi connectivity index (χ1) is 8.31. The van der Waals surface area contributed by atoms with Crippen molar-refractivity contribution in [3.63, 3.8) is 0 Å². The maximum atomic E-state index is 9.31. The van der Waals surface area contributed by atoms with Gasteiger partial charge in [-0.25, -0.2) is 0 Å². The molecule has 1 aliphatic rings. The summed E-state index contributed by atoms with van der Waals surface area (Å²) in [6.07, 6.45) is 6.37. The molecule has 4 heteroatoms. The van der Waals surface area contributed by atoms with Gasteiger partial charge in [-0.2, -0.15) is 5.26 Å². The van der Waals surface area contributed by atoms with Crippen molar-refractivity contribution in [2.45, 2.75) is 50.6 Å². The number of nitrogens with one attached hydrogen (secondary N) is 1. The van der Waals surface area contributed by atoms with E-state index < -0.39 is 0 Å². The van der Waals surface area contributed by atoms with Gasteiger partial charge < -0.3 is 15.2 Å². The molecule has 17 heavy (non-hydrogen) atoms.